The summed E-state index contributed by atoms with van der Waals surface area (Å²) in [6.07, 6.45) is 0.514. The summed E-state index contributed by atoms with van der Waals surface area (Å²) in [7, 11) is 3.50. The minimum atomic E-state index is -0.124. The Hall–Kier alpha value is -1.88. The maximum Gasteiger partial charge on any atom is 0.251 e. The second-order valence-corrected chi connectivity index (χ2v) is 3.84. The zero-order valence-electron chi connectivity index (χ0n) is 9.90. The third-order valence-corrected chi connectivity index (χ3v) is 2.80. The first kappa shape index (κ1) is 11.6. The highest BCUT2D eigenvalue weighted by Gasteiger charge is 2.10. The van der Waals surface area contributed by atoms with Gasteiger partial charge in [-0.05, 0) is 18.2 Å². The summed E-state index contributed by atoms with van der Waals surface area (Å²) >= 11 is 0. The lowest BCUT2D eigenvalue weighted by atomic mass is 10.2. The average Bonchev–Trinajstić information content (AvgIpc) is 2.65. The van der Waals surface area contributed by atoms with Crippen molar-refractivity contribution in [3.8, 4) is 0 Å². The van der Waals surface area contributed by atoms with Gasteiger partial charge >= 0.3 is 0 Å². The van der Waals surface area contributed by atoms with Crippen molar-refractivity contribution in [2.45, 2.75) is 6.42 Å². The highest BCUT2D eigenvalue weighted by Crippen LogP contribution is 2.17. The number of aliphatic hydroxyl groups is 1. The molecule has 0 unspecified atom stereocenters. The lowest BCUT2D eigenvalue weighted by Crippen LogP contribution is -2.17. The van der Waals surface area contributed by atoms with Crippen LogP contribution in [0.15, 0.2) is 18.2 Å². The second-order valence-electron chi connectivity index (χ2n) is 3.84. The van der Waals surface area contributed by atoms with Crippen molar-refractivity contribution < 1.29 is 9.90 Å². The third-order valence-electron chi connectivity index (χ3n) is 2.80. The number of carbonyl (C=O) groups excluding carboxylic acids is 1. The Morgan fingerprint density at radius 3 is 2.94 bits per heavy atom. The zero-order valence-corrected chi connectivity index (χ0v) is 9.90. The molecule has 1 aromatic carbocycles. The molecule has 2 rings (SSSR count). The third kappa shape index (κ3) is 2.01. The van der Waals surface area contributed by atoms with Crippen LogP contribution >= 0.6 is 0 Å². The lowest BCUT2D eigenvalue weighted by molar-refractivity contribution is 0.0963. The molecule has 2 aromatic rings. The molecule has 0 atom stereocenters. The van der Waals surface area contributed by atoms with Gasteiger partial charge in [-0.15, -0.1) is 0 Å². The van der Waals surface area contributed by atoms with E-state index in [0.29, 0.717) is 12.0 Å². The smallest absolute Gasteiger partial charge is 0.251 e. The molecule has 17 heavy (non-hydrogen) atoms. The van der Waals surface area contributed by atoms with Crippen LogP contribution in [0.2, 0.25) is 0 Å². The molecule has 0 saturated carbocycles. The molecule has 90 valence electrons. The summed E-state index contributed by atoms with van der Waals surface area (Å²) in [6.45, 7) is 0.0689. The summed E-state index contributed by atoms with van der Waals surface area (Å²) in [5.74, 6) is 0.692. The summed E-state index contributed by atoms with van der Waals surface area (Å²) in [4.78, 5) is 15.9. The largest absolute Gasteiger partial charge is 0.396 e. The van der Waals surface area contributed by atoms with Crippen LogP contribution in [0.1, 0.15) is 16.2 Å². The molecule has 5 nitrogen and oxygen atoms in total. The Morgan fingerprint density at radius 2 is 2.29 bits per heavy atom. The van der Waals surface area contributed by atoms with Gasteiger partial charge in [-0.3, -0.25) is 4.79 Å². The van der Waals surface area contributed by atoms with Gasteiger partial charge in [0.15, 0.2) is 0 Å². The van der Waals surface area contributed by atoms with E-state index in [0.717, 1.165) is 16.9 Å². The van der Waals surface area contributed by atoms with Crippen LogP contribution in [0.4, 0.5) is 0 Å². The van der Waals surface area contributed by atoms with Crippen LogP contribution in [-0.4, -0.2) is 34.2 Å². The van der Waals surface area contributed by atoms with E-state index in [2.05, 4.69) is 10.3 Å². The normalized spacial score (nSPS) is 10.8. The van der Waals surface area contributed by atoms with Crippen molar-refractivity contribution >= 4 is 16.9 Å². The summed E-state index contributed by atoms with van der Waals surface area (Å²) in [6, 6.07) is 5.40. The van der Waals surface area contributed by atoms with Crippen molar-refractivity contribution in [2.24, 2.45) is 7.05 Å². The highest BCUT2D eigenvalue weighted by molar-refractivity contribution is 5.97. The first-order chi connectivity index (χ1) is 8.17. The van der Waals surface area contributed by atoms with Crippen molar-refractivity contribution in [2.75, 3.05) is 13.7 Å². The van der Waals surface area contributed by atoms with Gasteiger partial charge in [0.05, 0.1) is 17.6 Å². The Balaban J connectivity index is 2.51. The van der Waals surface area contributed by atoms with Gasteiger partial charge < -0.3 is 15.0 Å². The molecule has 0 aliphatic heterocycles. The number of hydrogen-bond donors (Lipinski definition) is 2. The highest BCUT2D eigenvalue weighted by atomic mass is 16.3. The van der Waals surface area contributed by atoms with Crippen LogP contribution in [0.3, 0.4) is 0 Å². The lowest BCUT2D eigenvalue weighted by Gasteiger charge is -2.01. The molecule has 0 fully saturated rings. The number of benzene rings is 1. The van der Waals surface area contributed by atoms with Crippen molar-refractivity contribution in [3.05, 3.63) is 29.6 Å². The van der Waals surface area contributed by atoms with Gasteiger partial charge in [0, 0.05) is 26.1 Å². The van der Waals surface area contributed by atoms with Crippen molar-refractivity contribution in [3.63, 3.8) is 0 Å². The van der Waals surface area contributed by atoms with Crippen LogP contribution in [0.25, 0.3) is 11.0 Å². The summed E-state index contributed by atoms with van der Waals surface area (Å²) in [5.41, 5.74) is 2.33. The van der Waals surface area contributed by atoms with Gasteiger partial charge in [0.2, 0.25) is 0 Å². The van der Waals surface area contributed by atoms with E-state index in [-0.39, 0.29) is 12.5 Å². The van der Waals surface area contributed by atoms with E-state index in [1.54, 1.807) is 19.2 Å². The standard InChI is InChI=1S/C12H15N3O2/c1-13-12(17)8-3-4-10-9(7-8)14-11(5-6-16)15(10)2/h3-4,7,16H,5-6H2,1-2H3,(H,13,17). The number of fused-ring (bicyclic) bond motifs is 1. The molecule has 0 bridgehead atoms. The van der Waals surface area contributed by atoms with Gasteiger partial charge in [-0.1, -0.05) is 0 Å². The quantitative estimate of drug-likeness (QED) is 0.809. The Kier molecular flexibility index (Phi) is 3.10. The molecule has 0 radical (unpaired) electrons. The number of carbonyl (C=O) groups is 1. The Morgan fingerprint density at radius 1 is 1.53 bits per heavy atom. The van der Waals surface area contributed by atoms with E-state index in [1.165, 1.54) is 0 Å². The van der Waals surface area contributed by atoms with Gasteiger partial charge in [-0.25, -0.2) is 4.98 Å². The molecule has 0 spiro atoms. The van der Waals surface area contributed by atoms with Crippen LogP contribution in [0, 0.1) is 0 Å². The number of nitrogens with one attached hydrogen (secondary N) is 1. The molecule has 0 aliphatic rings. The van der Waals surface area contributed by atoms with E-state index in [4.69, 9.17) is 5.11 Å². The van der Waals surface area contributed by atoms with Crippen molar-refractivity contribution in [1.29, 1.82) is 0 Å². The minimum Gasteiger partial charge on any atom is -0.396 e. The number of aliphatic hydroxyl groups excluding tert-OH is 1. The SMILES string of the molecule is CNC(=O)c1ccc2c(c1)nc(CCO)n2C. The van der Waals surface area contributed by atoms with Crippen LogP contribution < -0.4 is 5.32 Å². The minimum absolute atomic E-state index is 0.0689. The molecule has 1 amide bonds. The number of imidazole rings is 1. The van der Waals surface area contributed by atoms with Crippen molar-refractivity contribution in [1.82, 2.24) is 14.9 Å². The average molecular weight is 233 g/mol. The maximum atomic E-state index is 11.5. The number of aryl methyl sites for hydroxylation is 1. The number of rotatable bonds is 3. The van der Waals surface area contributed by atoms with Crippen LogP contribution in [-0.2, 0) is 13.5 Å². The first-order valence-electron chi connectivity index (χ1n) is 5.45. The topological polar surface area (TPSA) is 67.2 Å². The van der Waals surface area contributed by atoms with E-state index in [9.17, 15) is 4.79 Å². The monoisotopic (exact) mass is 233 g/mol. The second kappa shape index (κ2) is 4.55. The number of hydrogen-bond acceptors (Lipinski definition) is 3. The fourth-order valence-corrected chi connectivity index (χ4v) is 1.86. The van der Waals surface area contributed by atoms with E-state index < -0.39 is 0 Å². The van der Waals surface area contributed by atoms with Gasteiger partial charge in [-0.2, -0.15) is 0 Å². The van der Waals surface area contributed by atoms with Gasteiger partial charge in [0.25, 0.3) is 5.91 Å². The molecule has 1 aromatic heterocycles. The van der Waals surface area contributed by atoms with Gasteiger partial charge in [0.1, 0.15) is 5.82 Å². The van der Waals surface area contributed by atoms with E-state index in [1.807, 2.05) is 17.7 Å². The number of aromatic nitrogens is 2. The molecular weight excluding hydrogens is 218 g/mol. The molecular formula is C12H15N3O2. The fourth-order valence-electron chi connectivity index (χ4n) is 1.86. The molecule has 0 aliphatic carbocycles. The Labute approximate surface area is 99.1 Å². The molecule has 2 N–H and O–H groups in total. The molecule has 1 heterocycles. The first-order valence-corrected chi connectivity index (χ1v) is 5.45. The zero-order chi connectivity index (χ0) is 12.4. The number of nitrogens with zero attached hydrogens (tertiary/aromatic N) is 2. The summed E-state index contributed by atoms with van der Waals surface area (Å²) < 4.78 is 1.93. The molecule has 5 heteroatoms. The predicted octanol–water partition coefficient (Wildman–Crippen LogP) is 0.468. The predicted molar refractivity (Wildman–Crippen MR) is 64.9 cm³/mol. The van der Waals surface area contributed by atoms with Crippen LogP contribution in [0.5, 0.6) is 0 Å². The fraction of sp³-hybridized carbons (Fsp3) is 0.333. The summed E-state index contributed by atoms with van der Waals surface area (Å²) in [5, 5.41) is 11.5. The molecule has 0 saturated heterocycles. The maximum absolute atomic E-state index is 11.5. The van der Waals surface area contributed by atoms with E-state index >= 15 is 0 Å². The Bertz CT molecular complexity index is 560. The number of amides is 1.